The van der Waals surface area contributed by atoms with Gasteiger partial charge in [0, 0.05) is 13.6 Å². The summed E-state index contributed by atoms with van der Waals surface area (Å²) in [6, 6.07) is 15.9. The predicted octanol–water partition coefficient (Wildman–Crippen LogP) is 4.15. The van der Waals surface area contributed by atoms with Crippen LogP contribution in [0, 0.1) is 0 Å². The lowest BCUT2D eigenvalue weighted by molar-refractivity contribution is -0.127. The normalized spacial score (nSPS) is 10.6. The van der Waals surface area contributed by atoms with Gasteiger partial charge in [-0.2, -0.15) is 0 Å². The van der Waals surface area contributed by atoms with Gasteiger partial charge in [0.2, 0.25) is 5.91 Å². The van der Waals surface area contributed by atoms with Crippen molar-refractivity contribution in [2.24, 2.45) is 0 Å². The van der Waals surface area contributed by atoms with Crippen LogP contribution in [0.1, 0.15) is 18.1 Å². The number of amides is 1. The molecule has 6 nitrogen and oxygen atoms in total. The summed E-state index contributed by atoms with van der Waals surface area (Å²) >= 11 is 1.40. The quantitative estimate of drug-likeness (QED) is 0.363. The van der Waals surface area contributed by atoms with Crippen molar-refractivity contribution in [2.45, 2.75) is 25.0 Å². The molecule has 0 N–H and O–H groups in total. The lowest BCUT2D eigenvalue weighted by Crippen LogP contribution is -2.27. The van der Waals surface area contributed by atoms with E-state index in [1.165, 1.54) is 17.3 Å². The van der Waals surface area contributed by atoms with Crippen LogP contribution in [0.25, 0.3) is 5.69 Å². The third-order valence-corrected chi connectivity index (χ3v) is 5.54. The highest BCUT2D eigenvalue weighted by Crippen LogP contribution is 2.23. The van der Waals surface area contributed by atoms with Crippen LogP contribution in [0.3, 0.4) is 0 Å². The second-order valence-electron chi connectivity index (χ2n) is 6.75. The van der Waals surface area contributed by atoms with Gasteiger partial charge in [-0.15, -0.1) is 10.2 Å². The minimum Gasteiger partial charge on any atom is -0.490 e. The Morgan fingerprint density at radius 3 is 2.73 bits per heavy atom. The maximum absolute atomic E-state index is 12.6. The predicted molar refractivity (Wildman–Crippen MR) is 120 cm³/mol. The van der Waals surface area contributed by atoms with Crippen molar-refractivity contribution in [3.05, 3.63) is 78.6 Å². The highest BCUT2D eigenvalue weighted by molar-refractivity contribution is 7.99. The van der Waals surface area contributed by atoms with Gasteiger partial charge in [0.1, 0.15) is 18.7 Å². The molecule has 0 unspecified atom stereocenters. The Morgan fingerprint density at radius 2 is 2.00 bits per heavy atom. The smallest absolute Gasteiger partial charge is 0.233 e. The Kier molecular flexibility index (Phi) is 7.68. The van der Waals surface area contributed by atoms with Crippen molar-refractivity contribution in [1.82, 2.24) is 19.7 Å². The summed E-state index contributed by atoms with van der Waals surface area (Å²) in [5.74, 6) is 1.12. The molecule has 3 aromatic rings. The van der Waals surface area contributed by atoms with Crippen molar-refractivity contribution in [3.8, 4) is 11.4 Å². The lowest BCUT2D eigenvalue weighted by Gasteiger charge is -2.17. The van der Waals surface area contributed by atoms with Crippen LogP contribution in [0.5, 0.6) is 5.75 Å². The number of benzene rings is 2. The minimum absolute atomic E-state index is 0.0327. The number of ether oxygens (including phenoxy) is 1. The van der Waals surface area contributed by atoms with E-state index in [9.17, 15) is 4.79 Å². The molecule has 3 rings (SSSR count). The topological polar surface area (TPSA) is 60.2 Å². The van der Waals surface area contributed by atoms with Crippen molar-refractivity contribution in [3.63, 3.8) is 0 Å². The standard InChI is InChI=1S/C23H26N4O2S/c1-4-14-29-20-12-10-18(11-13-20)15-26(3)22(28)16-30-23-25-24-17-27(23)21-9-7-6-8-19(21)5-2/h4,6-13,17H,1,5,14-16H2,2-3H3. The van der Waals surface area contributed by atoms with Gasteiger partial charge >= 0.3 is 0 Å². The van der Waals surface area contributed by atoms with Crippen LogP contribution in [0.4, 0.5) is 0 Å². The van der Waals surface area contributed by atoms with Crippen molar-refractivity contribution in [2.75, 3.05) is 19.4 Å². The molecule has 0 radical (unpaired) electrons. The van der Waals surface area contributed by atoms with Crippen molar-refractivity contribution < 1.29 is 9.53 Å². The van der Waals surface area contributed by atoms with E-state index in [1.807, 2.05) is 54.1 Å². The van der Waals surface area contributed by atoms with Crippen LogP contribution >= 0.6 is 11.8 Å². The zero-order chi connectivity index (χ0) is 21.3. The van der Waals surface area contributed by atoms with Crippen LogP contribution in [0.15, 0.2) is 72.7 Å². The number of thioether (sulfide) groups is 1. The highest BCUT2D eigenvalue weighted by Gasteiger charge is 2.15. The maximum Gasteiger partial charge on any atom is 0.233 e. The zero-order valence-corrected chi connectivity index (χ0v) is 18.1. The summed E-state index contributed by atoms with van der Waals surface area (Å²) in [5, 5.41) is 8.95. The summed E-state index contributed by atoms with van der Waals surface area (Å²) in [4.78, 5) is 14.3. The van der Waals surface area contributed by atoms with E-state index >= 15 is 0 Å². The average molecular weight is 423 g/mol. The first-order chi connectivity index (χ1) is 14.6. The van der Waals surface area contributed by atoms with Gasteiger partial charge in [-0.3, -0.25) is 9.36 Å². The average Bonchev–Trinajstić information content (AvgIpc) is 3.25. The highest BCUT2D eigenvalue weighted by atomic mass is 32.2. The fourth-order valence-corrected chi connectivity index (χ4v) is 3.84. The Hall–Kier alpha value is -3.06. The van der Waals surface area contributed by atoms with Gasteiger partial charge in [-0.05, 0) is 35.7 Å². The van der Waals surface area contributed by atoms with Gasteiger partial charge < -0.3 is 9.64 Å². The number of carbonyl (C=O) groups excluding carboxylic acids is 1. The lowest BCUT2D eigenvalue weighted by atomic mass is 10.1. The van der Waals surface area contributed by atoms with E-state index in [0.29, 0.717) is 24.1 Å². The number of hydrogen-bond donors (Lipinski definition) is 0. The van der Waals surface area contributed by atoms with Gasteiger partial charge in [0.25, 0.3) is 0 Å². The number of para-hydroxylation sites is 1. The third-order valence-electron chi connectivity index (χ3n) is 4.61. The fourth-order valence-electron chi connectivity index (χ4n) is 2.98. The molecule has 1 heterocycles. The molecule has 30 heavy (non-hydrogen) atoms. The fraction of sp³-hybridized carbons (Fsp3) is 0.261. The van der Waals surface area contributed by atoms with Gasteiger partial charge in [-0.1, -0.05) is 61.7 Å². The third kappa shape index (κ3) is 5.51. The maximum atomic E-state index is 12.6. The summed E-state index contributed by atoms with van der Waals surface area (Å²) in [5.41, 5.74) is 3.30. The zero-order valence-electron chi connectivity index (χ0n) is 17.3. The molecule has 2 aromatic carbocycles. The Bertz CT molecular complexity index is 985. The van der Waals surface area contributed by atoms with E-state index in [-0.39, 0.29) is 5.91 Å². The summed E-state index contributed by atoms with van der Waals surface area (Å²) < 4.78 is 7.43. The first-order valence-electron chi connectivity index (χ1n) is 9.80. The van der Waals surface area contributed by atoms with Crippen LogP contribution < -0.4 is 4.74 Å². The summed E-state index contributed by atoms with van der Waals surface area (Å²) in [6.07, 6.45) is 4.32. The van der Waals surface area contributed by atoms with Gasteiger partial charge in [-0.25, -0.2) is 0 Å². The minimum atomic E-state index is 0.0327. The molecular formula is C23H26N4O2S. The monoisotopic (exact) mass is 422 g/mol. The first-order valence-corrected chi connectivity index (χ1v) is 10.8. The molecule has 0 aliphatic heterocycles. The number of nitrogens with zero attached hydrogens (tertiary/aromatic N) is 4. The molecule has 7 heteroatoms. The van der Waals surface area contributed by atoms with Crippen LogP contribution in [0.2, 0.25) is 0 Å². The number of carbonyl (C=O) groups is 1. The molecule has 0 spiro atoms. The summed E-state index contributed by atoms with van der Waals surface area (Å²) in [7, 11) is 1.81. The molecule has 0 saturated heterocycles. The number of hydrogen-bond acceptors (Lipinski definition) is 5. The number of rotatable bonds is 10. The number of aromatic nitrogens is 3. The largest absolute Gasteiger partial charge is 0.490 e. The van der Waals surface area contributed by atoms with E-state index in [4.69, 9.17) is 4.74 Å². The molecule has 1 aromatic heterocycles. The Morgan fingerprint density at radius 1 is 1.23 bits per heavy atom. The van der Waals surface area contributed by atoms with E-state index in [2.05, 4.69) is 29.8 Å². The second kappa shape index (κ2) is 10.6. The molecular weight excluding hydrogens is 396 g/mol. The van der Waals surface area contributed by atoms with E-state index in [1.54, 1.807) is 17.3 Å². The second-order valence-corrected chi connectivity index (χ2v) is 7.69. The molecule has 156 valence electrons. The van der Waals surface area contributed by atoms with E-state index in [0.717, 1.165) is 23.4 Å². The molecule has 0 fully saturated rings. The SMILES string of the molecule is C=CCOc1ccc(CN(C)C(=O)CSc2nncn2-c2ccccc2CC)cc1. The molecule has 0 bridgehead atoms. The molecule has 0 aliphatic carbocycles. The first kappa shape index (κ1) is 21.6. The van der Waals surface area contributed by atoms with Crippen LogP contribution in [-0.2, 0) is 17.8 Å². The molecule has 1 amide bonds. The number of aryl methyl sites for hydroxylation is 1. The summed E-state index contributed by atoms with van der Waals surface area (Å²) in [6.45, 7) is 6.76. The van der Waals surface area contributed by atoms with Gasteiger partial charge in [0.05, 0.1) is 11.4 Å². The molecule has 0 atom stereocenters. The Labute approximate surface area is 181 Å². The Balaban J connectivity index is 1.58. The van der Waals surface area contributed by atoms with Crippen molar-refractivity contribution in [1.29, 1.82) is 0 Å². The van der Waals surface area contributed by atoms with Crippen molar-refractivity contribution >= 4 is 17.7 Å². The van der Waals surface area contributed by atoms with Crippen LogP contribution in [-0.4, -0.2) is 45.0 Å². The molecule has 0 saturated carbocycles. The van der Waals surface area contributed by atoms with Gasteiger partial charge in [0.15, 0.2) is 5.16 Å². The van der Waals surface area contributed by atoms with E-state index < -0.39 is 0 Å². The molecule has 0 aliphatic rings.